The zero-order valence-corrected chi connectivity index (χ0v) is 8.70. The summed E-state index contributed by atoms with van der Waals surface area (Å²) < 4.78 is 0. The molecular weight excluding hydrogens is 180 g/mol. The van der Waals surface area contributed by atoms with Crippen LogP contribution < -0.4 is 11.1 Å². The molecular formula is C10H20N2O2. The minimum absolute atomic E-state index is 0.0609. The summed E-state index contributed by atoms with van der Waals surface area (Å²) in [5, 5.41) is 11.8. The van der Waals surface area contributed by atoms with Crippen molar-refractivity contribution in [3.63, 3.8) is 0 Å². The van der Waals surface area contributed by atoms with Crippen molar-refractivity contribution in [3.05, 3.63) is 0 Å². The van der Waals surface area contributed by atoms with Crippen molar-refractivity contribution in [1.29, 1.82) is 0 Å². The Labute approximate surface area is 84.9 Å². The Bertz CT molecular complexity index is 191. The van der Waals surface area contributed by atoms with Crippen molar-refractivity contribution < 1.29 is 9.90 Å². The second-order valence-corrected chi connectivity index (χ2v) is 4.21. The van der Waals surface area contributed by atoms with E-state index in [0.717, 1.165) is 0 Å². The lowest BCUT2D eigenvalue weighted by Gasteiger charge is -2.25. The fourth-order valence-electron chi connectivity index (χ4n) is 1.43. The zero-order chi connectivity index (χ0) is 10.6. The zero-order valence-electron chi connectivity index (χ0n) is 8.70. The summed E-state index contributed by atoms with van der Waals surface area (Å²) in [5.74, 6) is 0.642. The fraction of sp³-hybridized carbons (Fsp3) is 0.900. The van der Waals surface area contributed by atoms with Crippen LogP contribution in [0.1, 0.15) is 32.6 Å². The van der Waals surface area contributed by atoms with E-state index in [1.54, 1.807) is 6.92 Å². The third-order valence-corrected chi connectivity index (χ3v) is 2.85. The van der Waals surface area contributed by atoms with Gasteiger partial charge in [0.05, 0.1) is 6.10 Å². The second kappa shape index (κ2) is 5.32. The Morgan fingerprint density at radius 1 is 1.64 bits per heavy atom. The van der Waals surface area contributed by atoms with Crippen LogP contribution in [0.15, 0.2) is 0 Å². The van der Waals surface area contributed by atoms with Crippen molar-refractivity contribution in [2.45, 2.75) is 44.8 Å². The minimum atomic E-state index is -0.570. The van der Waals surface area contributed by atoms with E-state index in [4.69, 9.17) is 10.8 Å². The molecule has 1 rings (SSSR count). The minimum Gasteiger partial charge on any atom is -0.392 e. The van der Waals surface area contributed by atoms with Crippen LogP contribution in [0.4, 0.5) is 0 Å². The summed E-state index contributed by atoms with van der Waals surface area (Å²) in [5.41, 5.74) is 5.58. The fourth-order valence-corrected chi connectivity index (χ4v) is 1.43. The monoisotopic (exact) mass is 200 g/mol. The summed E-state index contributed by atoms with van der Waals surface area (Å²) in [6.45, 7) is 1.99. The Balaban J connectivity index is 2.07. The Hall–Kier alpha value is -0.610. The number of aliphatic hydroxyl groups excluding tert-OH is 1. The number of aliphatic hydroxyl groups is 1. The molecule has 0 spiro atoms. The molecule has 0 aromatic rings. The van der Waals surface area contributed by atoms with Gasteiger partial charge in [0.15, 0.2) is 0 Å². The highest BCUT2D eigenvalue weighted by molar-refractivity contribution is 5.76. The lowest BCUT2D eigenvalue weighted by Crippen LogP contribution is -2.44. The molecule has 2 atom stereocenters. The van der Waals surface area contributed by atoms with Gasteiger partial charge in [0.2, 0.25) is 5.91 Å². The molecule has 82 valence electrons. The second-order valence-electron chi connectivity index (χ2n) is 4.21. The maximum Gasteiger partial charge on any atom is 0.220 e. The van der Waals surface area contributed by atoms with Gasteiger partial charge < -0.3 is 16.2 Å². The molecule has 0 aromatic heterocycles. The highest BCUT2D eigenvalue weighted by Crippen LogP contribution is 2.28. The summed E-state index contributed by atoms with van der Waals surface area (Å²) in [6, 6.07) is -0.361. The molecule has 1 aliphatic rings. The van der Waals surface area contributed by atoms with E-state index in [1.165, 1.54) is 19.3 Å². The largest absolute Gasteiger partial charge is 0.392 e. The molecule has 14 heavy (non-hydrogen) atoms. The highest BCUT2D eigenvalue weighted by atomic mass is 16.3. The number of hydrogen-bond acceptors (Lipinski definition) is 3. The van der Waals surface area contributed by atoms with Crippen LogP contribution in [0, 0.1) is 5.92 Å². The molecule has 1 fully saturated rings. The predicted octanol–water partition coefficient (Wildman–Crippen LogP) is 0.000900. The van der Waals surface area contributed by atoms with Crippen LogP contribution in [0.2, 0.25) is 0 Å². The molecule has 0 radical (unpaired) electrons. The number of nitrogens with two attached hydrogens (primary N) is 1. The van der Waals surface area contributed by atoms with Gasteiger partial charge in [0.1, 0.15) is 0 Å². The van der Waals surface area contributed by atoms with E-state index >= 15 is 0 Å². The van der Waals surface area contributed by atoms with Gasteiger partial charge in [0, 0.05) is 19.0 Å². The predicted molar refractivity (Wildman–Crippen MR) is 54.6 cm³/mol. The molecule has 2 unspecified atom stereocenters. The van der Waals surface area contributed by atoms with Crippen LogP contribution in [-0.4, -0.2) is 29.7 Å². The molecule has 4 N–H and O–H groups in total. The number of amides is 1. The third-order valence-electron chi connectivity index (χ3n) is 2.85. The number of nitrogens with one attached hydrogen (secondary N) is 1. The number of carbonyl (C=O) groups excluding carboxylic acids is 1. The van der Waals surface area contributed by atoms with Crippen molar-refractivity contribution in [2.24, 2.45) is 11.7 Å². The van der Waals surface area contributed by atoms with Gasteiger partial charge in [-0.2, -0.15) is 0 Å². The van der Waals surface area contributed by atoms with Gasteiger partial charge in [-0.05, 0) is 25.7 Å². The molecule has 0 aliphatic heterocycles. The van der Waals surface area contributed by atoms with E-state index in [2.05, 4.69) is 5.32 Å². The van der Waals surface area contributed by atoms with Crippen LogP contribution in [0.5, 0.6) is 0 Å². The summed E-state index contributed by atoms with van der Waals surface area (Å²) in [7, 11) is 0. The van der Waals surface area contributed by atoms with Gasteiger partial charge in [-0.25, -0.2) is 0 Å². The summed E-state index contributed by atoms with van der Waals surface area (Å²) in [6.07, 6.45) is 3.66. The maximum atomic E-state index is 11.3. The molecule has 0 heterocycles. The average molecular weight is 200 g/mol. The lowest BCUT2D eigenvalue weighted by molar-refractivity contribution is -0.122. The van der Waals surface area contributed by atoms with Crippen molar-refractivity contribution >= 4 is 5.91 Å². The van der Waals surface area contributed by atoms with Crippen LogP contribution >= 0.6 is 0 Å². The molecule has 4 nitrogen and oxygen atoms in total. The first-order valence-corrected chi connectivity index (χ1v) is 5.30. The van der Waals surface area contributed by atoms with Gasteiger partial charge in [-0.3, -0.25) is 4.79 Å². The Kier molecular flexibility index (Phi) is 4.35. The quantitative estimate of drug-likeness (QED) is 0.585. The van der Waals surface area contributed by atoms with Crippen LogP contribution in [-0.2, 0) is 4.79 Å². The van der Waals surface area contributed by atoms with Gasteiger partial charge in [-0.15, -0.1) is 0 Å². The number of hydrogen-bond donors (Lipinski definition) is 3. The first kappa shape index (κ1) is 11.5. The molecule has 1 aliphatic carbocycles. The standard InChI is InChI=1S/C10H20N2O2/c1-7(13)9(11)6-12-10(14)5-8-3-2-4-8/h7-9,13H,2-6,11H2,1H3,(H,12,14). The van der Waals surface area contributed by atoms with E-state index in [-0.39, 0.29) is 11.9 Å². The van der Waals surface area contributed by atoms with Crippen LogP contribution in [0.3, 0.4) is 0 Å². The third kappa shape index (κ3) is 3.64. The van der Waals surface area contributed by atoms with Crippen molar-refractivity contribution in [2.75, 3.05) is 6.54 Å². The number of carbonyl (C=O) groups is 1. The molecule has 0 saturated heterocycles. The highest BCUT2D eigenvalue weighted by Gasteiger charge is 2.20. The van der Waals surface area contributed by atoms with Crippen molar-refractivity contribution in [3.8, 4) is 0 Å². The van der Waals surface area contributed by atoms with Gasteiger partial charge in [0.25, 0.3) is 0 Å². The molecule has 0 aromatic carbocycles. The van der Waals surface area contributed by atoms with E-state index < -0.39 is 6.10 Å². The maximum absolute atomic E-state index is 11.3. The summed E-state index contributed by atoms with van der Waals surface area (Å²) in [4.78, 5) is 11.3. The van der Waals surface area contributed by atoms with E-state index in [1.807, 2.05) is 0 Å². The topological polar surface area (TPSA) is 75.3 Å². The number of rotatable bonds is 5. The smallest absolute Gasteiger partial charge is 0.220 e. The summed E-state index contributed by atoms with van der Waals surface area (Å²) >= 11 is 0. The van der Waals surface area contributed by atoms with Crippen molar-refractivity contribution in [1.82, 2.24) is 5.32 Å². The molecule has 4 heteroatoms. The van der Waals surface area contributed by atoms with Gasteiger partial charge in [-0.1, -0.05) is 6.42 Å². The average Bonchev–Trinajstić information content (AvgIpc) is 2.07. The first-order valence-electron chi connectivity index (χ1n) is 5.30. The SMILES string of the molecule is CC(O)C(N)CNC(=O)CC1CCC1. The van der Waals surface area contributed by atoms with E-state index in [0.29, 0.717) is 18.9 Å². The van der Waals surface area contributed by atoms with E-state index in [9.17, 15) is 4.79 Å². The lowest BCUT2D eigenvalue weighted by atomic mass is 9.83. The normalized spacial score (nSPS) is 21.1. The first-order chi connectivity index (χ1) is 6.59. The Morgan fingerprint density at radius 3 is 2.71 bits per heavy atom. The van der Waals surface area contributed by atoms with Gasteiger partial charge >= 0.3 is 0 Å². The molecule has 0 bridgehead atoms. The molecule has 1 saturated carbocycles. The van der Waals surface area contributed by atoms with Crippen LogP contribution in [0.25, 0.3) is 0 Å². The Morgan fingerprint density at radius 2 is 2.29 bits per heavy atom. The molecule has 1 amide bonds.